The fourth-order valence-corrected chi connectivity index (χ4v) is 1.64. The van der Waals surface area contributed by atoms with Crippen molar-refractivity contribution in [2.45, 2.75) is 66.7 Å². The van der Waals surface area contributed by atoms with Crippen molar-refractivity contribution < 1.29 is 9.59 Å². The van der Waals surface area contributed by atoms with Gasteiger partial charge in [0, 0.05) is 25.3 Å². The number of hydrogen-bond donors (Lipinski definition) is 1. The number of ketones is 1. The predicted molar refractivity (Wildman–Crippen MR) is 75.4 cm³/mol. The number of rotatable bonds is 8. The Bertz CT molecular complexity index is 264. The van der Waals surface area contributed by atoms with E-state index in [0.29, 0.717) is 24.8 Å². The van der Waals surface area contributed by atoms with E-state index in [4.69, 9.17) is 0 Å². The number of carbonyl (C=O) groups excluding carboxylic acids is 2. The average Bonchev–Trinajstić information content (AvgIpc) is 2.22. The van der Waals surface area contributed by atoms with Crippen LogP contribution in [-0.2, 0) is 9.59 Å². The summed E-state index contributed by atoms with van der Waals surface area (Å²) in [7, 11) is 0. The minimum absolute atomic E-state index is 0.0636. The lowest BCUT2D eigenvalue weighted by atomic mass is 9.89. The fraction of sp³-hybridized carbons (Fsp3) is 0.867. The summed E-state index contributed by atoms with van der Waals surface area (Å²) in [6, 6.07) is 0. The zero-order chi connectivity index (χ0) is 14.2. The van der Waals surface area contributed by atoms with Gasteiger partial charge in [0.05, 0.1) is 0 Å². The number of nitrogens with one attached hydrogen (secondary N) is 1. The molecular formula is C15H29NO2. The Morgan fingerprint density at radius 1 is 1.06 bits per heavy atom. The molecule has 18 heavy (non-hydrogen) atoms. The van der Waals surface area contributed by atoms with Crippen LogP contribution >= 0.6 is 0 Å². The topological polar surface area (TPSA) is 46.2 Å². The second kappa shape index (κ2) is 8.28. The number of Topliss-reactive ketones (excluding diaryl/α,β-unsaturated/α-hetero) is 1. The third kappa shape index (κ3) is 10.3. The lowest BCUT2D eigenvalue weighted by Gasteiger charge is -2.17. The summed E-state index contributed by atoms with van der Waals surface area (Å²) in [6.45, 7) is 10.9. The molecule has 0 unspecified atom stereocenters. The predicted octanol–water partition coefficient (Wildman–Crippen LogP) is 3.32. The van der Waals surface area contributed by atoms with Crippen molar-refractivity contribution in [1.29, 1.82) is 0 Å². The van der Waals surface area contributed by atoms with Crippen LogP contribution in [0.2, 0.25) is 0 Å². The van der Waals surface area contributed by atoms with E-state index in [1.165, 1.54) is 0 Å². The summed E-state index contributed by atoms with van der Waals surface area (Å²) in [6.07, 6.45) is 4.19. The van der Waals surface area contributed by atoms with Gasteiger partial charge >= 0.3 is 0 Å². The first-order chi connectivity index (χ1) is 8.22. The first-order valence-electron chi connectivity index (χ1n) is 7.02. The van der Waals surface area contributed by atoms with Crippen LogP contribution in [0, 0.1) is 11.3 Å². The Morgan fingerprint density at radius 3 is 2.17 bits per heavy atom. The van der Waals surface area contributed by atoms with Gasteiger partial charge in [0.1, 0.15) is 5.78 Å². The number of unbranched alkanes of at least 4 members (excludes halogenated alkanes) is 1. The summed E-state index contributed by atoms with van der Waals surface area (Å²) in [4.78, 5) is 22.8. The first-order valence-corrected chi connectivity index (χ1v) is 7.02. The van der Waals surface area contributed by atoms with Gasteiger partial charge in [-0.3, -0.25) is 9.59 Å². The van der Waals surface area contributed by atoms with Crippen molar-refractivity contribution >= 4 is 11.7 Å². The Balaban J connectivity index is 3.52. The maximum Gasteiger partial charge on any atom is 0.220 e. The Morgan fingerprint density at radius 2 is 1.67 bits per heavy atom. The molecule has 1 amide bonds. The molecule has 0 saturated heterocycles. The van der Waals surface area contributed by atoms with Gasteiger partial charge in [-0.15, -0.1) is 0 Å². The summed E-state index contributed by atoms with van der Waals surface area (Å²) in [5, 5.41) is 2.81. The van der Waals surface area contributed by atoms with Crippen molar-refractivity contribution in [1.82, 2.24) is 5.32 Å². The molecule has 0 fully saturated rings. The molecule has 0 aliphatic carbocycles. The van der Waals surface area contributed by atoms with Gasteiger partial charge in [-0.05, 0) is 18.3 Å². The number of carbonyl (C=O) groups is 2. The van der Waals surface area contributed by atoms with Crippen LogP contribution < -0.4 is 5.32 Å². The molecule has 0 atom stereocenters. The van der Waals surface area contributed by atoms with Crippen LogP contribution in [0.3, 0.4) is 0 Å². The van der Waals surface area contributed by atoms with Gasteiger partial charge < -0.3 is 5.32 Å². The molecule has 0 aromatic heterocycles. The molecule has 106 valence electrons. The van der Waals surface area contributed by atoms with E-state index in [2.05, 4.69) is 26.1 Å². The van der Waals surface area contributed by atoms with Gasteiger partial charge in [0.2, 0.25) is 5.91 Å². The van der Waals surface area contributed by atoms with Gasteiger partial charge in [0.25, 0.3) is 0 Å². The smallest absolute Gasteiger partial charge is 0.220 e. The van der Waals surface area contributed by atoms with Crippen molar-refractivity contribution in [3.63, 3.8) is 0 Å². The summed E-state index contributed by atoms with van der Waals surface area (Å²) in [5.74, 6) is 0.345. The zero-order valence-corrected chi connectivity index (χ0v) is 12.6. The first kappa shape index (κ1) is 17.1. The number of amides is 1. The molecule has 0 rings (SSSR count). The molecule has 0 spiro atoms. The monoisotopic (exact) mass is 255 g/mol. The molecule has 3 heteroatoms. The normalized spacial score (nSPS) is 11.7. The van der Waals surface area contributed by atoms with Crippen molar-refractivity contribution in [2.24, 2.45) is 11.3 Å². The van der Waals surface area contributed by atoms with E-state index in [-0.39, 0.29) is 17.6 Å². The molecule has 0 aliphatic rings. The Kier molecular flexibility index (Phi) is 7.88. The summed E-state index contributed by atoms with van der Waals surface area (Å²) < 4.78 is 0. The second-order valence-electron chi connectivity index (χ2n) is 6.49. The molecule has 0 aromatic carbocycles. The third-order valence-corrected chi connectivity index (χ3v) is 2.92. The highest BCUT2D eigenvalue weighted by molar-refractivity contribution is 5.81. The highest BCUT2D eigenvalue weighted by Gasteiger charge is 2.10. The van der Waals surface area contributed by atoms with Crippen LogP contribution in [0.4, 0.5) is 0 Å². The fourth-order valence-electron chi connectivity index (χ4n) is 1.64. The average molecular weight is 255 g/mol. The maximum atomic E-state index is 11.5. The zero-order valence-electron chi connectivity index (χ0n) is 12.6. The van der Waals surface area contributed by atoms with E-state index in [0.717, 1.165) is 19.3 Å². The standard InChI is InChI=1S/C15H29NO2/c1-12(2)13(17)9-11-16-14(18)8-6-7-10-15(3,4)5/h12H,6-11H2,1-5H3,(H,16,18). The molecule has 0 saturated carbocycles. The molecule has 0 aromatic rings. The second-order valence-corrected chi connectivity index (χ2v) is 6.49. The third-order valence-electron chi connectivity index (χ3n) is 2.92. The van der Waals surface area contributed by atoms with E-state index in [1.54, 1.807) is 0 Å². The number of hydrogen-bond acceptors (Lipinski definition) is 2. The van der Waals surface area contributed by atoms with E-state index in [1.807, 2.05) is 13.8 Å². The van der Waals surface area contributed by atoms with Crippen LogP contribution in [-0.4, -0.2) is 18.2 Å². The molecule has 1 N–H and O–H groups in total. The quantitative estimate of drug-likeness (QED) is 0.676. The summed E-state index contributed by atoms with van der Waals surface area (Å²) in [5.41, 5.74) is 0.347. The lowest BCUT2D eigenvalue weighted by molar-refractivity contribution is -0.122. The largest absolute Gasteiger partial charge is 0.356 e. The highest BCUT2D eigenvalue weighted by atomic mass is 16.1. The Labute approximate surface area is 112 Å². The van der Waals surface area contributed by atoms with E-state index < -0.39 is 0 Å². The lowest BCUT2D eigenvalue weighted by Crippen LogP contribution is -2.26. The van der Waals surface area contributed by atoms with Gasteiger partial charge in [-0.25, -0.2) is 0 Å². The van der Waals surface area contributed by atoms with Crippen LogP contribution in [0.1, 0.15) is 66.7 Å². The Hall–Kier alpha value is -0.860. The van der Waals surface area contributed by atoms with Crippen LogP contribution in [0.15, 0.2) is 0 Å². The van der Waals surface area contributed by atoms with E-state index >= 15 is 0 Å². The maximum absolute atomic E-state index is 11.5. The minimum atomic E-state index is 0.0636. The summed E-state index contributed by atoms with van der Waals surface area (Å²) >= 11 is 0. The minimum Gasteiger partial charge on any atom is -0.356 e. The van der Waals surface area contributed by atoms with Gasteiger partial charge in [-0.2, -0.15) is 0 Å². The van der Waals surface area contributed by atoms with Gasteiger partial charge in [0.15, 0.2) is 0 Å². The SMILES string of the molecule is CC(C)C(=O)CCNC(=O)CCCCC(C)(C)C. The highest BCUT2D eigenvalue weighted by Crippen LogP contribution is 2.21. The van der Waals surface area contributed by atoms with Crippen molar-refractivity contribution in [3.8, 4) is 0 Å². The van der Waals surface area contributed by atoms with Gasteiger partial charge in [-0.1, -0.05) is 41.0 Å². The molecule has 0 radical (unpaired) electrons. The molecule has 0 heterocycles. The molecule has 3 nitrogen and oxygen atoms in total. The molecule has 0 bridgehead atoms. The van der Waals surface area contributed by atoms with E-state index in [9.17, 15) is 9.59 Å². The molecular weight excluding hydrogens is 226 g/mol. The van der Waals surface area contributed by atoms with Crippen molar-refractivity contribution in [3.05, 3.63) is 0 Å². The van der Waals surface area contributed by atoms with Crippen LogP contribution in [0.25, 0.3) is 0 Å². The van der Waals surface area contributed by atoms with Crippen molar-refractivity contribution in [2.75, 3.05) is 6.54 Å². The van der Waals surface area contributed by atoms with Crippen LogP contribution in [0.5, 0.6) is 0 Å². The molecule has 0 aliphatic heterocycles.